The molecule has 13 heteroatoms. The summed E-state index contributed by atoms with van der Waals surface area (Å²) in [6.45, 7) is 8.96. The second-order valence-corrected chi connectivity index (χ2v) is 14.6. The van der Waals surface area contributed by atoms with E-state index in [0.717, 1.165) is 46.6 Å². The first-order valence-electron chi connectivity index (χ1n) is 17.3. The highest BCUT2D eigenvalue weighted by molar-refractivity contribution is 6.36. The van der Waals surface area contributed by atoms with Crippen LogP contribution in [0.2, 0.25) is 5.02 Å². The number of benzene rings is 3. The topological polar surface area (TPSA) is 161 Å². The molecular weight excluding hydrogens is 682 g/mol. The normalized spacial score (nSPS) is 18.3. The number of hydrogen-bond acceptors (Lipinski definition) is 9. The zero-order valence-corrected chi connectivity index (χ0v) is 30.3. The van der Waals surface area contributed by atoms with Gasteiger partial charge in [0.1, 0.15) is 11.6 Å². The molecule has 4 heterocycles. The van der Waals surface area contributed by atoms with Crippen LogP contribution >= 0.6 is 11.6 Å². The van der Waals surface area contributed by atoms with Gasteiger partial charge in [-0.15, -0.1) is 0 Å². The van der Waals surface area contributed by atoms with Gasteiger partial charge in [0.2, 0.25) is 5.89 Å². The van der Waals surface area contributed by atoms with Crippen LogP contribution in [-0.2, 0) is 31.4 Å². The molecule has 2 aliphatic heterocycles. The number of carbonyl (C=O) groups is 2. The number of hydrogen-bond donors (Lipinski definition) is 3. The van der Waals surface area contributed by atoms with Crippen LogP contribution in [-0.4, -0.2) is 78.7 Å². The number of aliphatic hydroxyl groups excluding tert-OH is 1. The number of carboxylic acids is 1. The first-order chi connectivity index (χ1) is 24.8. The number of likely N-dealkylation sites (tertiary alicyclic amines) is 1. The minimum Gasteiger partial charge on any atom is -0.481 e. The maximum Gasteiger partial charge on any atom is 0.310 e. The zero-order valence-electron chi connectivity index (χ0n) is 29.5. The summed E-state index contributed by atoms with van der Waals surface area (Å²) in [6.07, 6.45) is 0.852. The largest absolute Gasteiger partial charge is 0.481 e. The molecular formula is C39H40ClN7O5. The van der Waals surface area contributed by atoms with Crippen molar-refractivity contribution in [2.45, 2.75) is 52.8 Å². The summed E-state index contributed by atoms with van der Waals surface area (Å²) < 4.78 is 8.06. The summed E-state index contributed by atoms with van der Waals surface area (Å²) in [4.78, 5) is 39.0. The fraction of sp³-hybridized carbons (Fsp3) is 0.359. The quantitative estimate of drug-likeness (QED) is 0.164. The maximum absolute atomic E-state index is 13.6. The number of amides is 1. The van der Waals surface area contributed by atoms with Gasteiger partial charge in [0.05, 0.1) is 33.5 Å². The summed E-state index contributed by atoms with van der Waals surface area (Å²) in [6, 6.07) is 17.1. The van der Waals surface area contributed by atoms with Gasteiger partial charge in [-0.25, -0.2) is 9.97 Å². The van der Waals surface area contributed by atoms with E-state index >= 15 is 0 Å². The standard InChI is InChI=1S/C39H40ClN7O5/c1-22(48)18-46-13-11-32-31(20-46)42-35(45(32)4)36(49)43-29-10-6-9-28(33(29)40)26-7-5-8-27(23(26)2)37-44-30-16-24(15-25(17-41)34(30)52-37)19-47-14-12-39(3,21-47)38(50)51/h5-10,15-16,22,48H,11-14,18-21H2,1-4H3,(H,43,49)(H,50,51)/t22-,39-/m1/s1. The molecule has 0 radical (unpaired) electrons. The number of halogens is 1. The summed E-state index contributed by atoms with van der Waals surface area (Å²) in [7, 11) is 1.84. The van der Waals surface area contributed by atoms with Crippen molar-refractivity contribution in [1.82, 2.24) is 24.3 Å². The number of anilines is 1. The Labute approximate surface area is 306 Å². The molecule has 1 amide bonds. The van der Waals surface area contributed by atoms with Crippen LogP contribution in [0.25, 0.3) is 33.7 Å². The van der Waals surface area contributed by atoms with Gasteiger partial charge >= 0.3 is 5.97 Å². The fourth-order valence-corrected chi connectivity index (χ4v) is 7.77. The summed E-state index contributed by atoms with van der Waals surface area (Å²) in [5.41, 5.74) is 6.75. The van der Waals surface area contributed by atoms with Crippen molar-refractivity contribution in [3.05, 3.63) is 87.5 Å². The van der Waals surface area contributed by atoms with Gasteiger partial charge in [-0.3, -0.25) is 19.4 Å². The molecule has 12 nitrogen and oxygen atoms in total. The molecule has 3 aromatic carbocycles. The third-order valence-electron chi connectivity index (χ3n) is 10.3. The second-order valence-electron chi connectivity index (χ2n) is 14.3. The predicted octanol–water partition coefficient (Wildman–Crippen LogP) is 6.02. The van der Waals surface area contributed by atoms with Crippen LogP contribution in [0.3, 0.4) is 0 Å². The van der Waals surface area contributed by atoms with Gasteiger partial charge in [-0.2, -0.15) is 5.26 Å². The van der Waals surface area contributed by atoms with Crippen molar-refractivity contribution in [3.8, 4) is 28.7 Å². The fourth-order valence-electron chi connectivity index (χ4n) is 7.49. The Kier molecular flexibility index (Phi) is 9.39. The molecule has 7 rings (SSSR count). The number of β-amino-alcohol motifs (C(OH)–C–C–N with tert-alkyl or cyclic N) is 1. The Morgan fingerprint density at radius 1 is 1.12 bits per heavy atom. The average molecular weight is 722 g/mol. The summed E-state index contributed by atoms with van der Waals surface area (Å²) in [5, 5.41) is 32.8. The number of nitriles is 1. The molecule has 1 saturated heterocycles. The molecule has 52 heavy (non-hydrogen) atoms. The molecule has 0 bridgehead atoms. The van der Waals surface area contributed by atoms with Crippen LogP contribution < -0.4 is 5.32 Å². The first kappa shape index (κ1) is 35.3. The lowest BCUT2D eigenvalue weighted by atomic mass is 9.90. The molecule has 2 atom stereocenters. The Morgan fingerprint density at radius 3 is 2.60 bits per heavy atom. The van der Waals surface area contributed by atoms with E-state index in [2.05, 4.69) is 26.2 Å². The number of nitrogens with zero attached hydrogens (tertiary/aromatic N) is 6. The Morgan fingerprint density at radius 2 is 1.87 bits per heavy atom. The van der Waals surface area contributed by atoms with Crippen molar-refractivity contribution >= 4 is 40.3 Å². The van der Waals surface area contributed by atoms with E-state index in [9.17, 15) is 25.1 Å². The lowest BCUT2D eigenvalue weighted by molar-refractivity contribution is -0.147. The highest BCUT2D eigenvalue weighted by Gasteiger charge is 2.40. The molecule has 5 aromatic rings. The van der Waals surface area contributed by atoms with Crippen molar-refractivity contribution in [2.75, 3.05) is 31.5 Å². The van der Waals surface area contributed by atoms with Crippen molar-refractivity contribution < 1.29 is 24.2 Å². The van der Waals surface area contributed by atoms with Gasteiger partial charge in [-0.05, 0) is 74.7 Å². The Balaban J connectivity index is 1.14. The van der Waals surface area contributed by atoms with Crippen molar-refractivity contribution in [1.29, 1.82) is 5.26 Å². The third-order valence-corrected chi connectivity index (χ3v) is 10.7. The van der Waals surface area contributed by atoms with E-state index in [1.54, 1.807) is 26.0 Å². The number of carbonyl (C=O) groups excluding carboxylic acids is 1. The van der Waals surface area contributed by atoms with Gasteiger partial charge in [0.25, 0.3) is 5.91 Å². The first-order valence-corrected chi connectivity index (χ1v) is 17.7. The minimum absolute atomic E-state index is 0.290. The Bertz CT molecular complexity index is 2270. The number of aromatic nitrogens is 3. The van der Waals surface area contributed by atoms with E-state index in [1.807, 2.05) is 54.9 Å². The highest BCUT2D eigenvalue weighted by atomic mass is 35.5. The average Bonchev–Trinajstić information content (AvgIpc) is 3.80. The van der Waals surface area contributed by atoms with E-state index in [-0.39, 0.29) is 5.91 Å². The summed E-state index contributed by atoms with van der Waals surface area (Å²) in [5.74, 6) is -0.527. The molecule has 0 aliphatic carbocycles. The zero-order chi connectivity index (χ0) is 36.9. The molecule has 0 saturated carbocycles. The number of nitrogens with one attached hydrogen (secondary N) is 1. The van der Waals surface area contributed by atoms with E-state index in [4.69, 9.17) is 21.0 Å². The molecule has 1 fully saturated rings. The third kappa shape index (κ3) is 6.57. The number of oxazole rings is 1. The van der Waals surface area contributed by atoms with Crippen LogP contribution in [0, 0.1) is 23.7 Å². The van der Waals surface area contributed by atoms with Gasteiger partial charge in [-0.1, -0.05) is 35.9 Å². The number of rotatable bonds is 9. The van der Waals surface area contributed by atoms with Crippen molar-refractivity contribution in [2.24, 2.45) is 12.5 Å². The van der Waals surface area contributed by atoms with Crippen molar-refractivity contribution in [3.63, 3.8) is 0 Å². The van der Waals surface area contributed by atoms with Gasteiger partial charge in [0, 0.05) is 63.0 Å². The lowest BCUT2D eigenvalue weighted by Crippen LogP contribution is -2.36. The SMILES string of the molecule is Cc1c(-c2nc3cc(CN4CC[C@@](C)(C(=O)O)C4)cc(C#N)c3o2)cccc1-c1cccc(NC(=O)c2nc3c(n2C)CCN(C[C@@H](C)O)C3)c1Cl. The van der Waals surface area contributed by atoms with Crippen LogP contribution in [0.4, 0.5) is 5.69 Å². The maximum atomic E-state index is 13.6. The van der Waals surface area contributed by atoms with E-state index in [0.29, 0.717) is 83.8 Å². The molecule has 0 spiro atoms. The predicted molar refractivity (Wildman–Crippen MR) is 197 cm³/mol. The lowest BCUT2D eigenvalue weighted by Gasteiger charge is -2.27. The summed E-state index contributed by atoms with van der Waals surface area (Å²) >= 11 is 7.00. The number of carboxylic acid groups (broad SMARTS) is 1. The smallest absolute Gasteiger partial charge is 0.310 e. The number of aliphatic carboxylic acids is 1. The number of fused-ring (bicyclic) bond motifs is 2. The van der Waals surface area contributed by atoms with E-state index in [1.165, 1.54) is 0 Å². The number of aliphatic hydroxyl groups is 1. The molecule has 268 valence electrons. The van der Waals surface area contributed by atoms with Crippen LogP contribution in [0.5, 0.6) is 0 Å². The van der Waals surface area contributed by atoms with Gasteiger partial charge in [0.15, 0.2) is 11.4 Å². The molecule has 2 aliphatic rings. The monoisotopic (exact) mass is 721 g/mol. The van der Waals surface area contributed by atoms with Crippen LogP contribution in [0.15, 0.2) is 52.9 Å². The molecule has 2 aromatic heterocycles. The van der Waals surface area contributed by atoms with Crippen LogP contribution in [0.1, 0.15) is 59.0 Å². The Hall–Kier alpha value is -5.06. The highest BCUT2D eigenvalue weighted by Crippen LogP contribution is 2.40. The van der Waals surface area contributed by atoms with Gasteiger partial charge < -0.3 is 24.5 Å². The molecule has 0 unspecified atom stereocenters. The molecule has 3 N–H and O–H groups in total. The second kappa shape index (κ2) is 13.8. The minimum atomic E-state index is -0.801. The number of imidazole rings is 1. The van der Waals surface area contributed by atoms with E-state index < -0.39 is 17.5 Å².